The van der Waals surface area contributed by atoms with Crippen LogP contribution in [0.15, 0.2) is 9.98 Å². The lowest BCUT2D eigenvalue weighted by Gasteiger charge is -1.97. The SMILES string of the molecule is N=C=O.O=C=NCCCCCCCCN=C=O. The summed E-state index contributed by atoms with van der Waals surface area (Å²) in [4.78, 5) is 34.7. The summed E-state index contributed by atoms with van der Waals surface area (Å²) in [7, 11) is 0. The summed E-state index contributed by atoms with van der Waals surface area (Å²) in [5, 5.41) is 5.40. The molecule has 0 saturated heterocycles. The van der Waals surface area contributed by atoms with Crippen molar-refractivity contribution < 1.29 is 14.4 Å². The van der Waals surface area contributed by atoms with Crippen LogP contribution in [0.1, 0.15) is 38.5 Å². The second-order valence-corrected chi connectivity index (χ2v) is 3.17. The Kier molecular flexibility index (Phi) is 20.3. The third-order valence-electron chi connectivity index (χ3n) is 1.92. The largest absolute Gasteiger partial charge is 0.234 e. The van der Waals surface area contributed by atoms with Crippen LogP contribution in [-0.2, 0) is 14.4 Å². The van der Waals surface area contributed by atoms with E-state index in [-0.39, 0.29) is 0 Å². The van der Waals surface area contributed by atoms with Crippen molar-refractivity contribution in [3.05, 3.63) is 0 Å². The number of nitrogens with one attached hydrogen (secondary N) is 1. The Hall–Kier alpha value is -1.86. The molecule has 0 rings (SSSR count). The third-order valence-corrected chi connectivity index (χ3v) is 1.92. The number of aliphatic imine (C=N–C) groups is 2. The Morgan fingerprint density at radius 3 is 1.29 bits per heavy atom. The molecular weight excluding hydrogens is 222 g/mol. The predicted octanol–water partition coefficient (Wildman–Crippen LogP) is 1.90. The summed E-state index contributed by atoms with van der Waals surface area (Å²) in [6.07, 6.45) is 10.2. The summed E-state index contributed by atoms with van der Waals surface area (Å²) < 4.78 is 0. The van der Waals surface area contributed by atoms with Crippen LogP contribution in [0.2, 0.25) is 0 Å². The molecule has 0 saturated carbocycles. The maximum Gasteiger partial charge on any atom is 0.234 e. The van der Waals surface area contributed by atoms with Gasteiger partial charge in [0.2, 0.25) is 18.2 Å². The quantitative estimate of drug-likeness (QED) is 0.377. The van der Waals surface area contributed by atoms with E-state index in [4.69, 9.17) is 10.2 Å². The molecule has 0 atom stereocenters. The Bertz CT molecular complexity index is 262. The molecule has 1 N–H and O–H groups in total. The molecule has 0 heterocycles. The van der Waals surface area contributed by atoms with Gasteiger partial charge in [0, 0.05) is 0 Å². The lowest BCUT2D eigenvalue weighted by atomic mass is 10.1. The van der Waals surface area contributed by atoms with E-state index in [2.05, 4.69) is 9.98 Å². The van der Waals surface area contributed by atoms with Gasteiger partial charge in [-0.3, -0.25) is 0 Å². The van der Waals surface area contributed by atoms with Gasteiger partial charge < -0.3 is 0 Å². The Morgan fingerprint density at radius 1 is 0.706 bits per heavy atom. The number of unbranched alkanes of at least 4 members (excludes halogenated alkanes) is 5. The van der Waals surface area contributed by atoms with Gasteiger partial charge in [0.15, 0.2) is 0 Å². The molecule has 0 fully saturated rings. The van der Waals surface area contributed by atoms with Gasteiger partial charge in [0.25, 0.3) is 0 Å². The summed E-state index contributed by atoms with van der Waals surface area (Å²) in [6, 6.07) is 0. The molecule has 0 amide bonds. The van der Waals surface area contributed by atoms with Gasteiger partial charge in [-0.05, 0) is 12.8 Å². The molecule has 0 aliphatic heterocycles. The van der Waals surface area contributed by atoms with E-state index in [1.165, 1.54) is 12.2 Å². The van der Waals surface area contributed by atoms with Crippen molar-refractivity contribution in [3.63, 3.8) is 0 Å². The fourth-order valence-electron chi connectivity index (χ4n) is 1.18. The number of carbonyl (C=O) groups excluding carboxylic acids is 3. The highest BCUT2D eigenvalue weighted by atomic mass is 16.1. The first-order chi connectivity index (χ1) is 8.33. The molecule has 0 aromatic rings. The van der Waals surface area contributed by atoms with Gasteiger partial charge in [-0.2, -0.15) is 0 Å². The second-order valence-electron chi connectivity index (χ2n) is 3.17. The minimum absolute atomic E-state index is 0.596. The number of hydrogen-bond donors (Lipinski definition) is 1. The van der Waals surface area contributed by atoms with Crippen molar-refractivity contribution in [3.8, 4) is 0 Å². The second kappa shape index (κ2) is 19.7. The maximum atomic E-state index is 9.71. The topological polar surface area (TPSA) is 99.8 Å². The van der Waals surface area contributed by atoms with Crippen LogP contribution in [0.25, 0.3) is 0 Å². The van der Waals surface area contributed by atoms with Crippen molar-refractivity contribution in [2.24, 2.45) is 9.98 Å². The molecule has 17 heavy (non-hydrogen) atoms. The van der Waals surface area contributed by atoms with Gasteiger partial charge in [0.1, 0.15) is 0 Å². The van der Waals surface area contributed by atoms with Gasteiger partial charge in [-0.15, -0.1) is 0 Å². The van der Waals surface area contributed by atoms with E-state index in [0.717, 1.165) is 44.6 Å². The first kappa shape index (κ1) is 17.5. The van der Waals surface area contributed by atoms with E-state index in [1.54, 1.807) is 0 Å². The molecule has 0 radical (unpaired) electrons. The first-order valence-electron chi connectivity index (χ1n) is 5.44. The van der Waals surface area contributed by atoms with Crippen LogP contribution in [-0.4, -0.2) is 31.3 Å². The minimum Gasteiger partial charge on any atom is -0.222 e. The normalized spacial score (nSPS) is 7.76. The van der Waals surface area contributed by atoms with E-state index in [1.807, 2.05) is 0 Å². The van der Waals surface area contributed by atoms with Gasteiger partial charge in [0.05, 0.1) is 13.1 Å². The van der Waals surface area contributed by atoms with Crippen molar-refractivity contribution in [2.45, 2.75) is 38.5 Å². The predicted molar refractivity (Wildman–Crippen MR) is 62.1 cm³/mol. The molecule has 0 bridgehead atoms. The maximum absolute atomic E-state index is 9.71. The van der Waals surface area contributed by atoms with Crippen LogP contribution in [0.5, 0.6) is 0 Å². The molecule has 0 unspecified atom stereocenters. The van der Waals surface area contributed by atoms with E-state index in [0.29, 0.717) is 13.1 Å². The molecule has 0 spiro atoms. The Labute approximate surface area is 100 Å². The number of rotatable bonds is 9. The van der Waals surface area contributed by atoms with Crippen LogP contribution in [0, 0.1) is 5.41 Å². The van der Waals surface area contributed by atoms with E-state index < -0.39 is 0 Å². The average Bonchev–Trinajstić information content (AvgIpc) is 2.33. The van der Waals surface area contributed by atoms with Crippen LogP contribution >= 0.6 is 0 Å². The molecule has 94 valence electrons. The average molecular weight is 239 g/mol. The summed E-state index contributed by atoms with van der Waals surface area (Å²) in [5.41, 5.74) is 0. The van der Waals surface area contributed by atoms with Gasteiger partial charge in [-0.1, -0.05) is 25.7 Å². The van der Waals surface area contributed by atoms with E-state index >= 15 is 0 Å². The molecule has 6 heteroatoms. The van der Waals surface area contributed by atoms with Crippen LogP contribution in [0.3, 0.4) is 0 Å². The van der Waals surface area contributed by atoms with Gasteiger partial charge >= 0.3 is 0 Å². The third kappa shape index (κ3) is 24.9. The van der Waals surface area contributed by atoms with Crippen molar-refractivity contribution in [1.29, 1.82) is 5.41 Å². The summed E-state index contributed by atoms with van der Waals surface area (Å²) in [6.45, 7) is 1.19. The molecular formula is C11H17N3O3. The molecule has 0 aliphatic carbocycles. The van der Waals surface area contributed by atoms with E-state index in [9.17, 15) is 9.59 Å². The molecule has 0 aromatic carbocycles. The van der Waals surface area contributed by atoms with Crippen molar-refractivity contribution >= 4 is 18.2 Å². The van der Waals surface area contributed by atoms with Crippen molar-refractivity contribution in [1.82, 2.24) is 0 Å². The fraction of sp³-hybridized carbons (Fsp3) is 0.727. The zero-order valence-corrected chi connectivity index (χ0v) is 9.78. The van der Waals surface area contributed by atoms with Crippen molar-refractivity contribution in [2.75, 3.05) is 13.1 Å². The lowest BCUT2D eigenvalue weighted by Crippen LogP contribution is -1.84. The smallest absolute Gasteiger partial charge is 0.222 e. The molecule has 0 aliphatic rings. The highest BCUT2D eigenvalue weighted by molar-refractivity contribution is 5.32. The summed E-state index contributed by atoms with van der Waals surface area (Å²) in [5.74, 6) is 0. The monoisotopic (exact) mass is 239 g/mol. The van der Waals surface area contributed by atoms with Gasteiger partial charge in [-0.25, -0.2) is 29.8 Å². The first-order valence-corrected chi connectivity index (χ1v) is 5.44. The number of hydrogen-bond acceptors (Lipinski definition) is 6. The zero-order chi connectivity index (χ0) is 13.2. The molecule has 6 nitrogen and oxygen atoms in total. The standard InChI is InChI=1S/C10H16N2O2.CHNO/c13-9-11-7-5-3-1-2-4-6-8-12-10-14;2-1-3/h1-8H2;2H. The number of isocyanates is 3. The lowest BCUT2D eigenvalue weighted by molar-refractivity contribution is 0.557. The number of nitrogens with zero attached hydrogens (tertiary/aromatic N) is 2. The summed E-state index contributed by atoms with van der Waals surface area (Å²) >= 11 is 0. The zero-order valence-electron chi connectivity index (χ0n) is 9.78. The Balaban J connectivity index is 0. The Morgan fingerprint density at radius 2 is 1.00 bits per heavy atom. The highest BCUT2D eigenvalue weighted by Gasteiger charge is 1.90. The molecule has 0 aromatic heterocycles. The minimum atomic E-state index is 0.596. The van der Waals surface area contributed by atoms with Crippen LogP contribution < -0.4 is 0 Å². The van der Waals surface area contributed by atoms with Crippen LogP contribution in [0.4, 0.5) is 0 Å². The highest BCUT2D eigenvalue weighted by Crippen LogP contribution is 2.05. The fourth-order valence-corrected chi connectivity index (χ4v) is 1.18.